The van der Waals surface area contributed by atoms with Crippen LogP contribution < -0.4 is 4.74 Å². The third-order valence-electron chi connectivity index (χ3n) is 2.57. The van der Waals surface area contributed by atoms with Gasteiger partial charge in [-0.1, -0.05) is 0 Å². The van der Waals surface area contributed by atoms with Gasteiger partial charge in [-0.3, -0.25) is 0 Å². The first-order valence-corrected chi connectivity index (χ1v) is 5.71. The van der Waals surface area contributed by atoms with E-state index >= 15 is 0 Å². The standard InChI is InChI=1S/C14H8F2N2O3/c15-11-4-9(14(19)20)5-12(16)13(11)21-7-8-1-2-18-10(3-8)6-17/h1-5H,7H2,(H,19,20). The lowest BCUT2D eigenvalue weighted by molar-refractivity contribution is 0.0695. The third-order valence-corrected chi connectivity index (χ3v) is 2.57. The maximum atomic E-state index is 13.6. The lowest BCUT2D eigenvalue weighted by Crippen LogP contribution is -2.04. The lowest BCUT2D eigenvalue weighted by atomic mass is 10.2. The van der Waals surface area contributed by atoms with Crippen LogP contribution in [0.4, 0.5) is 8.78 Å². The molecular formula is C14H8F2N2O3. The Morgan fingerprint density at radius 3 is 2.57 bits per heavy atom. The molecule has 2 rings (SSSR count). The fourth-order valence-electron chi connectivity index (χ4n) is 1.60. The molecule has 0 unspecified atom stereocenters. The van der Waals surface area contributed by atoms with E-state index in [9.17, 15) is 13.6 Å². The van der Waals surface area contributed by atoms with Crippen LogP contribution in [0.2, 0.25) is 0 Å². The molecule has 21 heavy (non-hydrogen) atoms. The molecule has 0 saturated carbocycles. The molecule has 0 aliphatic rings. The van der Waals surface area contributed by atoms with Crippen molar-refractivity contribution in [2.45, 2.75) is 6.61 Å². The Labute approximate surface area is 118 Å². The minimum absolute atomic E-state index is 0.151. The molecule has 0 radical (unpaired) electrons. The van der Waals surface area contributed by atoms with E-state index in [2.05, 4.69) is 4.98 Å². The number of nitriles is 1. The van der Waals surface area contributed by atoms with Crippen molar-refractivity contribution in [2.24, 2.45) is 0 Å². The van der Waals surface area contributed by atoms with Gasteiger partial charge in [-0.2, -0.15) is 5.26 Å². The van der Waals surface area contributed by atoms with Crippen molar-refractivity contribution in [3.05, 3.63) is 58.9 Å². The van der Waals surface area contributed by atoms with Gasteiger partial charge >= 0.3 is 5.97 Å². The van der Waals surface area contributed by atoms with Crippen LogP contribution in [0.1, 0.15) is 21.6 Å². The number of aromatic carboxylic acids is 1. The van der Waals surface area contributed by atoms with Gasteiger partial charge in [0.1, 0.15) is 18.4 Å². The predicted molar refractivity (Wildman–Crippen MR) is 66.6 cm³/mol. The van der Waals surface area contributed by atoms with Crippen molar-refractivity contribution in [1.82, 2.24) is 4.98 Å². The molecule has 7 heteroatoms. The fourth-order valence-corrected chi connectivity index (χ4v) is 1.60. The smallest absolute Gasteiger partial charge is 0.335 e. The number of ether oxygens (including phenoxy) is 1. The first-order chi connectivity index (χ1) is 10.0. The summed E-state index contributed by atoms with van der Waals surface area (Å²) < 4.78 is 32.3. The number of carboxylic acids is 1. The minimum atomic E-state index is -1.44. The first kappa shape index (κ1) is 14.4. The number of benzene rings is 1. The van der Waals surface area contributed by atoms with E-state index in [1.165, 1.54) is 18.3 Å². The molecule has 106 valence electrons. The molecule has 1 aromatic heterocycles. The van der Waals surface area contributed by atoms with Crippen LogP contribution in [-0.2, 0) is 6.61 Å². The van der Waals surface area contributed by atoms with Crippen LogP contribution in [0.3, 0.4) is 0 Å². The lowest BCUT2D eigenvalue weighted by Gasteiger charge is -2.09. The summed E-state index contributed by atoms with van der Waals surface area (Å²) in [5.41, 5.74) is 0.147. The number of halogens is 2. The van der Waals surface area contributed by atoms with Crippen LogP contribution in [-0.4, -0.2) is 16.1 Å². The number of nitrogens with zero attached hydrogens (tertiary/aromatic N) is 2. The van der Waals surface area contributed by atoms with Gasteiger partial charge in [-0.25, -0.2) is 18.6 Å². The highest BCUT2D eigenvalue weighted by molar-refractivity contribution is 5.87. The van der Waals surface area contributed by atoms with Gasteiger partial charge in [0.25, 0.3) is 0 Å². The number of carbonyl (C=O) groups is 1. The topological polar surface area (TPSA) is 83.2 Å². The summed E-state index contributed by atoms with van der Waals surface area (Å²) in [4.78, 5) is 14.4. The minimum Gasteiger partial charge on any atom is -0.483 e. The number of hydrogen-bond donors (Lipinski definition) is 1. The van der Waals surface area contributed by atoms with Crippen molar-refractivity contribution >= 4 is 5.97 Å². The van der Waals surface area contributed by atoms with Gasteiger partial charge in [0, 0.05) is 6.20 Å². The molecule has 1 aromatic carbocycles. The number of hydrogen-bond acceptors (Lipinski definition) is 4. The van der Waals surface area contributed by atoms with Gasteiger partial charge < -0.3 is 9.84 Å². The van der Waals surface area contributed by atoms with Crippen LogP contribution in [0, 0.1) is 23.0 Å². The Morgan fingerprint density at radius 2 is 2.00 bits per heavy atom. The molecule has 0 fully saturated rings. The van der Waals surface area contributed by atoms with Crippen LogP contribution >= 0.6 is 0 Å². The highest BCUT2D eigenvalue weighted by Gasteiger charge is 2.16. The molecule has 2 aromatic rings. The van der Waals surface area contributed by atoms with Gasteiger partial charge in [0.15, 0.2) is 17.4 Å². The molecule has 0 saturated heterocycles. The second kappa shape index (κ2) is 5.96. The Balaban J connectivity index is 2.20. The van der Waals surface area contributed by atoms with Crippen LogP contribution in [0.5, 0.6) is 5.75 Å². The third kappa shape index (κ3) is 3.30. The predicted octanol–water partition coefficient (Wildman–Crippen LogP) is 2.51. The summed E-state index contributed by atoms with van der Waals surface area (Å²) in [6, 6.07) is 6.13. The molecule has 0 amide bonds. The molecule has 0 bridgehead atoms. The average molecular weight is 290 g/mol. The van der Waals surface area contributed by atoms with E-state index in [1.807, 2.05) is 6.07 Å². The van der Waals surface area contributed by atoms with E-state index in [-0.39, 0.29) is 12.3 Å². The molecule has 5 nitrogen and oxygen atoms in total. The quantitative estimate of drug-likeness (QED) is 0.935. The van der Waals surface area contributed by atoms with Gasteiger partial charge in [-0.15, -0.1) is 0 Å². The Hall–Kier alpha value is -3.01. The SMILES string of the molecule is N#Cc1cc(COc2c(F)cc(C(=O)O)cc2F)ccn1. The van der Waals surface area contributed by atoms with Crippen molar-refractivity contribution in [1.29, 1.82) is 5.26 Å². The maximum Gasteiger partial charge on any atom is 0.335 e. The summed E-state index contributed by atoms with van der Waals surface area (Å²) in [6.07, 6.45) is 1.37. The van der Waals surface area contributed by atoms with Crippen molar-refractivity contribution in [3.63, 3.8) is 0 Å². The monoisotopic (exact) mass is 290 g/mol. The van der Waals surface area contributed by atoms with E-state index in [4.69, 9.17) is 15.1 Å². The van der Waals surface area contributed by atoms with Crippen molar-refractivity contribution in [3.8, 4) is 11.8 Å². The van der Waals surface area contributed by atoms with E-state index < -0.39 is 28.9 Å². The molecule has 1 heterocycles. The van der Waals surface area contributed by atoms with Gasteiger partial charge in [0.2, 0.25) is 0 Å². The van der Waals surface area contributed by atoms with Crippen molar-refractivity contribution in [2.75, 3.05) is 0 Å². The fraction of sp³-hybridized carbons (Fsp3) is 0.0714. The Kier molecular flexibility index (Phi) is 4.09. The Morgan fingerprint density at radius 1 is 1.33 bits per heavy atom. The van der Waals surface area contributed by atoms with E-state index in [1.54, 1.807) is 0 Å². The Bertz CT molecular complexity index is 718. The highest BCUT2D eigenvalue weighted by Crippen LogP contribution is 2.24. The zero-order valence-electron chi connectivity index (χ0n) is 10.5. The van der Waals surface area contributed by atoms with Gasteiger partial charge in [-0.05, 0) is 29.8 Å². The molecule has 0 aliphatic heterocycles. The number of carboxylic acid groups (broad SMARTS) is 1. The molecule has 0 atom stereocenters. The zero-order valence-corrected chi connectivity index (χ0v) is 10.5. The van der Waals surface area contributed by atoms with Crippen LogP contribution in [0.15, 0.2) is 30.5 Å². The van der Waals surface area contributed by atoms with Crippen molar-refractivity contribution < 1.29 is 23.4 Å². The first-order valence-electron chi connectivity index (χ1n) is 5.71. The summed E-state index contributed by atoms with van der Waals surface area (Å²) in [5.74, 6) is -4.33. The number of rotatable bonds is 4. The molecule has 0 spiro atoms. The number of aromatic nitrogens is 1. The second-order valence-corrected chi connectivity index (χ2v) is 4.02. The zero-order chi connectivity index (χ0) is 15.4. The second-order valence-electron chi connectivity index (χ2n) is 4.02. The van der Waals surface area contributed by atoms with Gasteiger partial charge in [0.05, 0.1) is 5.56 Å². The highest BCUT2D eigenvalue weighted by atomic mass is 19.1. The molecule has 1 N–H and O–H groups in total. The van der Waals surface area contributed by atoms with E-state index in [0.717, 1.165) is 0 Å². The summed E-state index contributed by atoms with van der Waals surface area (Å²) in [7, 11) is 0. The average Bonchev–Trinajstić information content (AvgIpc) is 2.46. The maximum absolute atomic E-state index is 13.6. The summed E-state index contributed by atoms with van der Waals surface area (Å²) in [5, 5.41) is 17.4. The molecule has 0 aliphatic carbocycles. The molecular weight excluding hydrogens is 282 g/mol. The largest absolute Gasteiger partial charge is 0.483 e. The van der Waals surface area contributed by atoms with E-state index in [0.29, 0.717) is 17.7 Å². The normalized spacial score (nSPS) is 9.95. The summed E-state index contributed by atoms with van der Waals surface area (Å²) >= 11 is 0. The summed E-state index contributed by atoms with van der Waals surface area (Å²) in [6.45, 7) is -0.183. The number of pyridine rings is 1. The van der Waals surface area contributed by atoms with Crippen LogP contribution in [0.25, 0.3) is 0 Å².